The minimum atomic E-state index is -0.946. The number of nitrogens with zero attached hydrogens (tertiary/aromatic N) is 2. The van der Waals surface area contributed by atoms with Crippen molar-refractivity contribution >= 4 is 24.8 Å². The minimum absolute atomic E-state index is 0.00933. The SMILES string of the molecule is CC(=O)N[C@H](Cc1ccccc1)C(=O)N1CCC[C@H]1C(=O)N1C(O)CC[C@H]1B1O[C@@H]2C[C@@H]3C[C@@H](C3(C)C)[C@]2(C)O1. The number of aliphatic hydroxyl groups is 1. The predicted molar refractivity (Wildman–Crippen MR) is 148 cm³/mol. The van der Waals surface area contributed by atoms with Gasteiger partial charge in [-0.05, 0) is 68.3 Å². The highest BCUT2D eigenvalue weighted by molar-refractivity contribution is 6.48. The van der Waals surface area contributed by atoms with E-state index in [1.807, 2.05) is 30.3 Å². The van der Waals surface area contributed by atoms with Gasteiger partial charge in [0.25, 0.3) is 0 Å². The molecule has 1 aromatic rings. The van der Waals surface area contributed by atoms with Crippen LogP contribution in [0.25, 0.3) is 0 Å². The zero-order valence-corrected chi connectivity index (χ0v) is 24.0. The van der Waals surface area contributed by atoms with Crippen LogP contribution in [0.4, 0.5) is 0 Å². The minimum Gasteiger partial charge on any atom is -0.404 e. The molecule has 1 unspecified atom stereocenters. The first kappa shape index (κ1) is 27.7. The van der Waals surface area contributed by atoms with Crippen LogP contribution in [0.3, 0.4) is 0 Å². The number of likely N-dealkylation sites (tertiary alicyclic amines) is 2. The molecule has 3 aliphatic carbocycles. The first-order valence-corrected chi connectivity index (χ1v) is 15.0. The van der Waals surface area contributed by atoms with E-state index >= 15 is 0 Å². The Morgan fingerprint density at radius 2 is 1.88 bits per heavy atom. The Morgan fingerprint density at radius 1 is 1.12 bits per heavy atom. The Bertz CT molecular complexity index is 1170. The lowest BCUT2D eigenvalue weighted by atomic mass is 9.43. The van der Waals surface area contributed by atoms with Crippen LogP contribution < -0.4 is 5.32 Å². The summed E-state index contributed by atoms with van der Waals surface area (Å²) in [5.41, 5.74) is 0.741. The van der Waals surface area contributed by atoms with Crippen LogP contribution in [0.2, 0.25) is 0 Å². The molecule has 0 aromatic heterocycles. The molecule has 9 nitrogen and oxygen atoms in total. The molecule has 1 aromatic carbocycles. The summed E-state index contributed by atoms with van der Waals surface area (Å²) >= 11 is 0. The van der Waals surface area contributed by atoms with Crippen molar-refractivity contribution in [3.63, 3.8) is 0 Å². The summed E-state index contributed by atoms with van der Waals surface area (Å²) in [4.78, 5) is 43.0. The van der Waals surface area contributed by atoms with Crippen molar-refractivity contribution in [1.82, 2.24) is 15.1 Å². The second-order valence-corrected chi connectivity index (χ2v) is 13.3. The van der Waals surface area contributed by atoms with Gasteiger partial charge in [-0.25, -0.2) is 0 Å². The summed E-state index contributed by atoms with van der Waals surface area (Å²) in [6.07, 6.45) is 3.72. The quantitative estimate of drug-likeness (QED) is 0.526. The molecule has 2 N–H and O–H groups in total. The Hall–Kier alpha value is -2.43. The summed E-state index contributed by atoms with van der Waals surface area (Å²) < 4.78 is 13.2. The summed E-state index contributed by atoms with van der Waals surface area (Å²) in [5, 5.41) is 13.8. The molecule has 3 aliphatic heterocycles. The van der Waals surface area contributed by atoms with Crippen molar-refractivity contribution in [3.8, 4) is 0 Å². The fourth-order valence-electron chi connectivity index (χ4n) is 8.41. The molecule has 2 bridgehead atoms. The third kappa shape index (κ3) is 4.47. The maximum Gasteiger partial charge on any atom is 0.482 e. The van der Waals surface area contributed by atoms with Crippen LogP contribution in [0.1, 0.15) is 71.8 Å². The van der Waals surface area contributed by atoms with Gasteiger partial charge in [0.15, 0.2) is 0 Å². The fourth-order valence-corrected chi connectivity index (χ4v) is 8.41. The van der Waals surface area contributed by atoms with Crippen molar-refractivity contribution in [2.45, 2.75) is 109 Å². The van der Waals surface area contributed by atoms with Gasteiger partial charge in [0, 0.05) is 19.9 Å². The lowest BCUT2D eigenvalue weighted by Gasteiger charge is -2.64. The number of benzene rings is 1. The van der Waals surface area contributed by atoms with Crippen LogP contribution in [-0.2, 0) is 30.1 Å². The van der Waals surface area contributed by atoms with Crippen LogP contribution in [0.15, 0.2) is 30.3 Å². The molecular formula is C30H42BN3O6. The third-order valence-corrected chi connectivity index (χ3v) is 10.7. The zero-order valence-electron chi connectivity index (χ0n) is 24.0. The van der Waals surface area contributed by atoms with Gasteiger partial charge < -0.3 is 29.5 Å². The smallest absolute Gasteiger partial charge is 0.404 e. The molecule has 6 aliphatic rings. The van der Waals surface area contributed by atoms with Gasteiger partial charge in [0.1, 0.15) is 18.3 Å². The molecule has 216 valence electrons. The van der Waals surface area contributed by atoms with Crippen LogP contribution in [0.5, 0.6) is 0 Å². The fraction of sp³-hybridized carbons (Fsp3) is 0.700. The topological polar surface area (TPSA) is 108 Å². The van der Waals surface area contributed by atoms with Gasteiger partial charge in [-0.15, -0.1) is 0 Å². The number of carbonyl (C=O) groups is 3. The van der Waals surface area contributed by atoms with Gasteiger partial charge in [-0.3, -0.25) is 14.4 Å². The maximum absolute atomic E-state index is 14.1. The standard InChI is InChI=1S/C30H42BN3O6/c1-18(35)32-21(15-19-9-6-5-7-10-19)27(37)33-14-8-11-22(33)28(38)34-25(12-13-26(34)36)31-39-24-17-20-16-23(29(20,2)3)30(24,4)40-31/h5-7,9-10,20-26,36H,8,11-17H2,1-4H3,(H,32,35)/t20-,21+,22-,23-,24+,25-,26?,30-/m0/s1. The monoisotopic (exact) mass is 551 g/mol. The lowest BCUT2D eigenvalue weighted by Crippen LogP contribution is -2.65. The summed E-state index contributed by atoms with van der Waals surface area (Å²) in [5.74, 6) is -0.206. The van der Waals surface area contributed by atoms with Crippen LogP contribution >= 0.6 is 0 Å². The molecule has 10 heteroatoms. The number of hydrogen-bond donors (Lipinski definition) is 2. The average molecular weight is 551 g/mol. The lowest BCUT2D eigenvalue weighted by molar-refractivity contribution is -0.199. The first-order chi connectivity index (χ1) is 19.0. The average Bonchev–Trinajstić information content (AvgIpc) is 3.63. The first-order valence-electron chi connectivity index (χ1n) is 15.0. The highest BCUT2D eigenvalue weighted by Gasteiger charge is 2.69. The van der Waals surface area contributed by atoms with Gasteiger partial charge in [0.2, 0.25) is 17.7 Å². The van der Waals surface area contributed by atoms with E-state index in [0.717, 1.165) is 18.4 Å². The van der Waals surface area contributed by atoms with E-state index in [1.165, 1.54) is 11.8 Å². The van der Waals surface area contributed by atoms with Crippen LogP contribution in [-0.4, -0.2) is 82.2 Å². The number of hydrogen-bond acceptors (Lipinski definition) is 6. The van der Waals surface area contributed by atoms with E-state index in [-0.39, 0.29) is 29.2 Å². The van der Waals surface area contributed by atoms with Crippen molar-refractivity contribution < 1.29 is 28.8 Å². The number of aliphatic hydroxyl groups excluding tert-OH is 1. The number of nitrogens with one attached hydrogen (secondary N) is 1. The normalized spacial score (nSPS) is 36.7. The molecule has 0 spiro atoms. The maximum atomic E-state index is 14.1. The highest BCUT2D eigenvalue weighted by Crippen LogP contribution is 2.66. The third-order valence-electron chi connectivity index (χ3n) is 10.7. The molecule has 3 saturated heterocycles. The van der Waals surface area contributed by atoms with Gasteiger partial charge in [-0.1, -0.05) is 44.2 Å². The Labute approximate surface area is 237 Å². The molecule has 0 radical (unpaired) electrons. The van der Waals surface area contributed by atoms with Gasteiger partial charge in [-0.2, -0.15) is 0 Å². The molecule has 7 rings (SSSR count). The summed E-state index contributed by atoms with van der Waals surface area (Å²) in [6.45, 7) is 8.62. The molecule has 3 amide bonds. The van der Waals surface area contributed by atoms with E-state index < -0.39 is 37.0 Å². The van der Waals surface area contributed by atoms with Crippen molar-refractivity contribution in [2.24, 2.45) is 17.3 Å². The van der Waals surface area contributed by atoms with Crippen molar-refractivity contribution in [2.75, 3.05) is 6.54 Å². The number of amides is 3. The largest absolute Gasteiger partial charge is 0.482 e. The summed E-state index contributed by atoms with van der Waals surface area (Å²) in [7, 11) is -0.595. The Balaban J connectivity index is 1.19. The molecule has 40 heavy (non-hydrogen) atoms. The molecular weight excluding hydrogens is 509 g/mol. The van der Waals surface area contributed by atoms with E-state index in [1.54, 1.807) is 4.90 Å². The molecule has 6 fully saturated rings. The van der Waals surface area contributed by atoms with Crippen LogP contribution in [0, 0.1) is 17.3 Å². The molecule has 3 heterocycles. The number of rotatable bonds is 6. The van der Waals surface area contributed by atoms with E-state index in [9.17, 15) is 19.5 Å². The second kappa shape index (κ2) is 10.1. The van der Waals surface area contributed by atoms with Gasteiger partial charge in [0.05, 0.1) is 17.6 Å². The van der Waals surface area contributed by atoms with E-state index in [0.29, 0.717) is 50.5 Å². The molecule has 8 atom stereocenters. The van der Waals surface area contributed by atoms with Crippen molar-refractivity contribution in [1.29, 1.82) is 0 Å². The predicted octanol–water partition coefficient (Wildman–Crippen LogP) is 2.30. The second-order valence-electron chi connectivity index (χ2n) is 13.3. The summed E-state index contributed by atoms with van der Waals surface area (Å²) in [6, 6.07) is 8.08. The Kier molecular flexibility index (Phi) is 7.03. The Morgan fingerprint density at radius 3 is 2.58 bits per heavy atom. The van der Waals surface area contributed by atoms with Crippen molar-refractivity contribution in [3.05, 3.63) is 35.9 Å². The van der Waals surface area contributed by atoms with Gasteiger partial charge >= 0.3 is 7.12 Å². The zero-order chi connectivity index (χ0) is 28.4. The number of carbonyl (C=O) groups excluding carboxylic acids is 3. The van der Waals surface area contributed by atoms with E-state index in [4.69, 9.17) is 9.31 Å². The molecule has 3 saturated carbocycles. The highest BCUT2D eigenvalue weighted by atomic mass is 16.7. The van der Waals surface area contributed by atoms with E-state index in [2.05, 4.69) is 26.1 Å².